The molecule has 17 heavy (non-hydrogen) atoms. The Kier molecular flexibility index (Phi) is 3.00. The molecule has 0 fully saturated rings. The van der Waals surface area contributed by atoms with E-state index in [-0.39, 0.29) is 11.6 Å². The van der Waals surface area contributed by atoms with E-state index < -0.39 is 5.97 Å². The lowest BCUT2D eigenvalue weighted by Crippen LogP contribution is -2.04. The number of hydrogen-bond acceptors (Lipinski definition) is 4. The first kappa shape index (κ1) is 11.1. The molecule has 1 aromatic heterocycles. The number of ether oxygens (including phenoxy) is 1. The first-order chi connectivity index (χ1) is 8.22. The Hall–Kier alpha value is -2.43. The number of nitrogens with zero attached hydrogens (tertiary/aromatic N) is 2. The number of carboxylic acids is 1. The summed E-state index contributed by atoms with van der Waals surface area (Å²) in [5.74, 6) is -1.06. The minimum Gasteiger partial charge on any atom is -0.478 e. The second kappa shape index (κ2) is 4.61. The number of rotatable bonds is 3. The fourth-order valence-electron chi connectivity index (χ4n) is 1.44. The number of carbonyl (C=O) groups is 1. The number of aromatic nitrogens is 2. The highest BCUT2D eigenvalue weighted by Gasteiger charge is 2.15. The lowest BCUT2D eigenvalue weighted by Gasteiger charge is -2.06. The van der Waals surface area contributed by atoms with Crippen LogP contribution in [0.25, 0.3) is 11.3 Å². The van der Waals surface area contributed by atoms with Crippen molar-refractivity contribution in [1.29, 1.82) is 0 Å². The second-order valence-electron chi connectivity index (χ2n) is 3.29. The number of benzene rings is 1. The molecule has 0 atom stereocenters. The highest BCUT2D eigenvalue weighted by atomic mass is 16.5. The third-order valence-corrected chi connectivity index (χ3v) is 2.23. The zero-order chi connectivity index (χ0) is 12.3. The van der Waals surface area contributed by atoms with Gasteiger partial charge in [-0.1, -0.05) is 30.3 Å². The van der Waals surface area contributed by atoms with Crippen molar-refractivity contribution in [2.75, 3.05) is 7.11 Å². The molecule has 2 aromatic rings. The maximum absolute atomic E-state index is 11.1. The summed E-state index contributed by atoms with van der Waals surface area (Å²) >= 11 is 0. The molecular weight excluding hydrogens is 220 g/mol. The molecule has 0 unspecified atom stereocenters. The average molecular weight is 230 g/mol. The van der Waals surface area contributed by atoms with Gasteiger partial charge in [-0.2, -0.15) is 4.98 Å². The summed E-state index contributed by atoms with van der Waals surface area (Å²) in [7, 11) is 1.44. The molecule has 0 aliphatic carbocycles. The summed E-state index contributed by atoms with van der Waals surface area (Å²) in [4.78, 5) is 18.9. The molecule has 0 radical (unpaired) electrons. The minimum atomic E-state index is -1.06. The lowest BCUT2D eigenvalue weighted by molar-refractivity contribution is 0.0696. The summed E-state index contributed by atoms with van der Waals surface area (Å²) in [6.07, 6.45) is 1.25. The van der Waals surface area contributed by atoms with Crippen LogP contribution in [0.15, 0.2) is 36.5 Å². The summed E-state index contributed by atoms with van der Waals surface area (Å²) in [5.41, 5.74) is 1.12. The Balaban J connectivity index is 2.61. The van der Waals surface area contributed by atoms with Crippen molar-refractivity contribution in [2.24, 2.45) is 0 Å². The monoisotopic (exact) mass is 230 g/mol. The van der Waals surface area contributed by atoms with Gasteiger partial charge in [-0.05, 0) is 0 Å². The Morgan fingerprint density at radius 3 is 2.59 bits per heavy atom. The predicted octanol–water partition coefficient (Wildman–Crippen LogP) is 1.85. The third kappa shape index (κ3) is 2.23. The van der Waals surface area contributed by atoms with Gasteiger partial charge in [0.2, 0.25) is 0 Å². The molecule has 2 rings (SSSR count). The van der Waals surface area contributed by atoms with Crippen LogP contribution in [-0.2, 0) is 0 Å². The normalized spacial score (nSPS) is 9.94. The van der Waals surface area contributed by atoms with Crippen LogP contribution in [0.3, 0.4) is 0 Å². The summed E-state index contributed by atoms with van der Waals surface area (Å²) in [6, 6.07) is 9.20. The van der Waals surface area contributed by atoms with Crippen LogP contribution in [0, 0.1) is 0 Å². The van der Waals surface area contributed by atoms with Crippen molar-refractivity contribution in [3.05, 3.63) is 42.1 Å². The van der Waals surface area contributed by atoms with Crippen LogP contribution >= 0.6 is 0 Å². The number of methoxy groups -OCH3 is 1. The average Bonchev–Trinajstić information content (AvgIpc) is 2.39. The zero-order valence-corrected chi connectivity index (χ0v) is 9.12. The Morgan fingerprint density at radius 2 is 2.00 bits per heavy atom. The van der Waals surface area contributed by atoms with Gasteiger partial charge in [0.1, 0.15) is 5.56 Å². The van der Waals surface area contributed by atoms with Gasteiger partial charge in [0.25, 0.3) is 0 Å². The fourth-order valence-corrected chi connectivity index (χ4v) is 1.44. The van der Waals surface area contributed by atoms with Gasteiger partial charge in [0, 0.05) is 11.8 Å². The quantitative estimate of drug-likeness (QED) is 0.871. The van der Waals surface area contributed by atoms with Crippen LogP contribution in [0.5, 0.6) is 6.01 Å². The molecule has 0 aliphatic rings. The SMILES string of the molecule is COc1ncc(C(=O)O)c(-c2ccccc2)n1. The van der Waals surface area contributed by atoms with Crippen LogP contribution < -0.4 is 4.74 Å². The van der Waals surface area contributed by atoms with Crippen LogP contribution in [0.2, 0.25) is 0 Å². The van der Waals surface area contributed by atoms with Crippen LogP contribution in [0.1, 0.15) is 10.4 Å². The van der Waals surface area contributed by atoms with Crippen molar-refractivity contribution < 1.29 is 14.6 Å². The van der Waals surface area contributed by atoms with E-state index in [1.165, 1.54) is 13.3 Å². The van der Waals surface area contributed by atoms with Gasteiger partial charge in [-0.25, -0.2) is 9.78 Å². The molecule has 0 saturated heterocycles. The Labute approximate surface area is 97.7 Å². The van der Waals surface area contributed by atoms with Gasteiger partial charge in [-0.3, -0.25) is 0 Å². The summed E-state index contributed by atoms with van der Waals surface area (Å²) in [5, 5.41) is 9.07. The number of hydrogen-bond donors (Lipinski definition) is 1. The highest BCUT2D eigenvalue weighted by Crippen LogP contribution is 2.22. The van der Waals surface area contributed by atoms with E-state index in [0.717, 1.165) is 0 Å². The van der Waals surface area contributed by atoms with E-state index >= 15 is 0 Å². The van der Waals surface area contributed by atoms with Crippen molar-refractivity contribution in [1.82, 2.24) is 9.97 Å². The van der Waals surface area contributed by atoms with Gasteiger partial charge < -0.3 is 9.84 Å². The molecular formula is C12H10N2O3. The van der Waals surface area contributed by atoms with E-state index in [0.29, 0.717) is 11.3 Å². The third-order valence-electron chi connectivity index (χ3n) is 2.23. The molecule has 5 nitrogen and oxygen atoms in total. The second-order valence-corrected chi connectivity index (χ2v) is 3.29. The molecule has 1 aromatic carbocycles. The van der Waals surface area contributed by atoms with Gasteiger partial charge in [0.05, 0.1) is 12.8 Å². The zero-order valence-electron chi connectivity index (χ0n) is 9.12. The molecule has 1 heterocycles. The van der Waals surface area contributed by atoms with E-state index in [1.54, 1.807) is 12.1 Å². The van der Waals surface area contributed by atoms with Crippen molar-refractivity contribution >= 4 is 5.97 Å². The van der Waals surface area contributed by atoms with Gasteiger partial charge >= 0.3 is 12.0 Å². The van der Waals surface area contributed by atoms with Gasteiger partial charge in [0.15, 0.2) is 0 Å². The molecule has 1 N–H and O–H groups in total. The van der Waals surface area contributed by atoms with E-state index in [2.05, 4.69) is 9.97 Å². The first-order valence-electron chi connectivity index (χ1n) is 4.92. The smallest absolute Gasteiger partial charge is 0.339 e. The molecule has 5 heteroatoms. The first-order valence-corrected chi connectivity index (χ1v) is 4.92. The summed E-state index contributed by atoms with van der Waals surface area (Å²) in [6.45, 7) is 0. The van der Waals surface area contributed by atoms with Crippen LogP contribution in [-0.4, -0.2) is 28.2 Å². The van der Waals surface area contributed by atoms with Crippen molar-refractivity contribution in [3.8, 4) is 17.3 Å². The number of aromatic carboxylic acids is 1. The largest absolute Gasteiger partial charge is 0.478 e. The maximum Gasteiger partial charge on any atom is 0.339 e. The minimum absolute atomic E-state index is 0.0528. The Bertz CT molecular complexity index is 541. The molecule has 0 aliphatic heterocycles. The van der Waals surface area contributed by atoms with Gasteiger partial charge in [-0.15, -0.1) is 0 Å². The standard InChI is InChI=1S/C12H10N2O3/c1-17-12-13-7-9(11(15)16)10(14-12)8-5-3-2-4-6-8/h2-7H,1H3,(H,15,16). The van der Waals surface area contributed by atoms with E-state index in [9.17, 15) is 4.79 Å². The molecule has 0 saturated carbocycles. The van der Waals surface area contributed by atoms with Crippen LogP contribution in [0.4, 0.5) is 0 Å². The van der Waals surface area contributed by atoms with E-state index in [1.807, 2.05) is 18.2 Å². The number of carboxylic acid groups (broad SMARTS) is 1. The molecule has 0 amide bonds. The molecule has 86 valence electrons. The molecule has 0 spiro atoms. The van der Waals surface area contributed by atoms with E-state index in [4.69, 9.17) is 9.84 Å². The fraction of sp³-hybridized carbons (Fsp3) is 0.0833. The maximum atomic E-state index is 11.1. The predicted molar refractivity (Wildman–Crippen MR) is 61.0 cm³/mol. The van der Waals surface area contributed by atoms with Crippen molar-refractivity contribution in [3.63, 3.8) is 0 Å². The van der Waals surface area contributed by atoms with Crippen molar-refractivity contribution in [2.45, 2.75) is 0 Å². The lowest BCUT2D eigenvalue weighted by atomic mass is 10.1. The summed E-state index contributed by atoms with van der Waals surface area (Å²) < 4.78 is 4.90. The molecule has 0 bridgehead atoms. The Morgan fingerprint density at radius 1 is 1.29 bits per heavy atom. The topological polar surface area (TPSA) is 72.3 Å². The highest BCUT2D eigenvalue weighted by molar-refractivity contribution is 5.94.